The molecule has 2 aromatic carbocycles. The maximum atomic E-state index is 4.37. The van der Waals surface area contributed by atoms with Crippen LogP contribution in [0.25, 0.3) is 11.0 Å². The second-order valence-corrected chi connectivity index (χ2v) is 5.01. The van der Waals surface area contributed by atoms with Gasteiger partial charge in [0, 0.05) is 4.90 Å². The molecule has 0 aliphatic rings. The fourth-order valence-electron chi connectivity index (χ4n) is 1.72. The van der Waals surface area contributed by atoms with E-state index in [1.165, 1.54) is 10.5 Å². The molecule has 0 fully saturated rings. The predicted molar refractivity (Wildman–Crippen MR) is 72.2 cm³/mol. The molecular weight excluding hydrogens is 228 g/mol. The lowest BCUT2D eigenvalue weighted by molar-refractivity contribution is 1.25. The predicted octanol–water partition coefficient (Wildman–Crippen LogP) is 3.90. The number of rotatable bonds is 2. The first-order valence-corrected chi connectivity index (χ1v) is 6.27. The first-order chi connectivity index (χ1) is 8.33. The monoisotopic (exact) mass is 240 g/mol. The lowest BCUT2D eigenvalue weighted by atomic mass is 10.2. The number of imidazole rings is 1. The minimum Gasteiger partial charge on any atom is -0.268 e. The molecule has 0 saturated carbocycles. The summed E-state index contributed by atoms with van der Waals surface area (Å²) >= 11 is 1.69. The zero-order valence-electron chi connectivity index (χ0n) is 9.50. The Bertz CT molecular complexity index is 641. The van der Waals surface area contributed by atoms with Crippen molar-refractivity contribution in [2.45, 2.75) is 11.8 Å². The number of aryl methyl sites for hydroxylation is 1. The largest absolute Gasteiger partial charge is 0.268 e. The molecule has 0 amide bonds. The fourth-order valence-corrected chi connectivity index (χ4v) is 2.55. The van der Waals surface area contributed by atoms with E-state index in [0.717, 1.165) is 11.0 Å². The summed E-state index contributed by atoms with van der Waals surface area (Å²) in [6.07, 6.45) is 1.87. The van der Waals surface area contributed by atoms with Gasteiger partial charge in [0.15, 0.2) is 0 Å². The van der Waals surface area contributed by atoms with Crippen LogP contribution in [0.5, 0.6) is 0 Å². The van der Waals surface area contributed by atoms with E-state index in [-0.39, 0.29) is 0 Å². The minimum absolute atomic E-state index is 1.03. The number of aromatic nitrogens is 2. The first kappa shape index (κ1) is 10.4. The molecule has 0 radical (unpaired) electrons. The summed E-state index contributed by atoms with van der Waals surface area (Å²) in [4.78, 5) is 5.60. The number of fused-ring (bicyclic) bond motifs is 1. The third-order valence-electron chi connectivity index (χ3n) is 2.65. The van der Waals surface area contributed by atoms with Gasteiger partial charge in [-0.3, -0.25) is 3.97 Å². The molecule has 3 aromatic rings. The van der Waals surface area contributed by atoms with Gasteiger partial charge in [0.05, 0.1) is 11.0 Å². The smallest absolute Gasteiger partial charge is 0.106 e. The van der Waals surface area contributed by atoms with Crippen LogP contribution < -0.4 is 0 Å². The molecule has 0 unspecified atom stereocenters. The second kappa shape index (κ2) is 4.26. The van der Waals surface area contributed by atoms with Crippen molar-refractivity contribution >= 4 is 23.0 Å². The highest BCUT2D eigenvalue weighted by Gasteiger charge is 2.02. The van der Waals surface area contributed by atoms with E-state index >= 15 is 0 Å². The Morgan fingerprint density at radius 1 is 1.00 bits per heavy atom. The number of hydrogen-bond acceptors (Lipinski definition) is 2. The summed E-state index contributed by atoms with van der Waals surface area (Å²) in [7, 11) is 0. The van der Waals surface area contributed by atoms with E-state index in [1.54, 1.807) is 11.9 Å². The van der Waals surface area contributed by atoms with Crippen LogP contribution in [0.3, 0.4) is 0 Å². The summed E-state index contributed by atoms with van der Waals surface area (Å²) < 4.78 is 2.10. The topological polar surface area (TPSA) is 17.8 Å². The van der Waals surface area contributed by atoms with E-state index in [0.29, 0.717) is 0 Å². The average molecular weight is 240 g/mol. The van der Waals surface area contributed by atoms with Crippen molar-refractivity contribution in [3.8, 4) is 0 Å². The molecule has 0 saturated heterocycles. The second-order valence-electron chi connectivity index (χ2n) is 3.96. The van der Waals surface area contributed by atoms with Crippen LogP contribution in [-0.4, -0.2) is 8.96 Å². The Morgan fingerprint density at radius 2 is 1.76 bits per heavy atom. The van der Waals surface area contributed by atoms with Crippen LogP contribution in [0.1, 0.15) is 5.56 Å². The van der Waals surface area contributed by atoms with Crippen molar-refractivity contribution in [1.82, 2.24) is 8.96 Å². The minimum atomic E-state index is 1.03. The van der Waals surface area contributed by atoms with Gasteiger partial charge in [-0.25, -0.2) is 4.98 Å². The Kier molecular flexibility index (Phi) is 2.61. The maximum Gasteiger partial charge on any atom is 0.106 e. The quantitative estimate of drug-likeness (QED) is 0.676. The van der Waals surface area contributed by atoms with Gasteiger partial charge in [-0.1, -0.05) is 29.8 Å². The zero-order valence-corrected chi connectivity index (χ0v) is 10.3. The molecule has 3 rings (SSSR count). The molecule has 0 bridgehead atoms. The van der Waals surface area contributed by atoms with Crippen LogP contribution in [0.4, 0.5) is 0 Å². The molecule has 0 atom stereocenters. The van der Waals surface area contributed by atoms with Gasteiger partial charge in [0.1, 0.15) is 6.33 Å². The molecule has 3 heteroatoms. The molecule has 0 aliphatic heterocycles. The first-order valence-electron chi connectivity index (χ1n) is 5.50. The molecule has 84 valence electrons. The van der Waals surface area contributed by atoms with Gasteiger partial charge in [-0.05, 0) is 43.1 Å². The van der Waals surface area contributed by atoms with Gasteiger partial charge >= 0.3 is 0 Å². The maximum absolute atomic E-state index is 4.37. The van der Waals surface area contributed by atoms with Crippen molar-refractivity contribution in [3.63, 3.8) is 0 Å². The van der Waals surface area contributed by atoms with Crippen LogP contribution in [0, 0.1) is 6.92 Å². The SMILES string of the molecule is Cc1ccc(Sn2cnc3ccccc32)cc1. The lowest BCUT2D eigenvalue weighted by Crippen LogP contribution is -1.84. The van der Waals surface area contributed by atoms with Crippen molar-refractivity contribution in [1.29, 1.82) is 0 Å². The molecule has 2 nitrogen and oxygen atoms in total. The van der Waals surface area contributed by atoms with Crippen molar-refractivity contribution < 1.29 is 0 Å². The van der Waals surface area contributed by atoms with E-state index in [9.17, 15) is 0 Å². The highest BCUT2D eigenvalue weighted by molar-refractivity contribution is 7.98. The number of benzene rings is 2. The van der Waals surface area contributed by atoms with Gasteiger partial charge in [0.2, 0.25) is 0 Å². The van der Waals surface area contributed by atoms with E-state index < -0.39 is 0 Å². The molecule has 0 aliphatic carbocycles. The Labute approximate surface area is 104 Å². The molecule has 1 heterocycles. The van der Waals surface area contributed by atoms with Crippen molar-refractivity contribution in [2.24, 2.45) is 0 Å². The van der Waals surface area contributed by atoms with Gasteiger partial charge in [0.25, 0.3) is 0 Å². The molecule has 0 spiro atoms. The summed E-state index contributed by atoms with van der Waals surface area (Å²) in [5, 5.41) is 0. The third kappa shape index (κ3) is 2.06. The average Bonchev–Trinajstić information content (AvgIpc) is 2.76. The summed E-state index contributed by atoms with van der Waals surface area (Å²) in [6, 6.07) is 16.7. The van der Waals surface area contributed by atoms with E-state index in [4.69, 9.17) is 0 Å². The Hall–Kier alpha value is -1.74. The summed E-state index contributed by atoms with van der Waals surface area (Å²) in [6.45, 7) is 2.10. The van der Waals surface area contributed by atoms with Crippen LogP contribution >= 0.6 is 11.9 Å². The number of nitrogens with zero attached hydrogens (tertiary/aromatic N) is 2. The third-order valence-corrected chi connectivity index (χ3v) is 3.62. The van der Waals surface area contributed by atoms with Crippen LogP contribution in [-0.2, 0) is 0 Å². The highest BCUT2D eigenvalue weighted by Crippen LogP contribution is 2.25. The Morgan fingerprint density at radius 3 is 2.59 bits per heavy atom. The number of para-hydroxylation sites is 2. The summed E-state index contributed by atoms with van der Waals surface area (Å²) in [5.41, 5.74) is 3.47. The van der Waals surface area contributed by atoms with Gasteiger partial charge in [-0.2, -0.15) is 0 Å². The highest BCUT2D eigenvalue weighted by atomic mass is 32.2. The molecule has 1 aromatic heterocycles. The lowest BCUT2D eigenvalue weighted by Gasteiger charge is -2.03. The zero-order chi connectivity index (χ0) is 11.7. The van der Waals surface area contributed by atoms with Crippen molar-refractivity contribution in [3.05, 3.63) is 60.4 Å². The van der Waals surface area contributed by atoms with Gasteiger partial charge in [-0.15, -0.1) is 0 Å². The summed E-state index contributed by atoms with van der Waals surface area (Å²) in [5.74, 6) is 0. The molecule has 0 N–H and O–H groups in total. The van der Waals surface area contributed by atoms with Crippen LogP contribution in [0.15, 0.2) is 59.8 Å². The van der Waals surface area contributed by atoms with E-state index in [2.05, 4.69) is 46.2 Å². The number of hydrogen-bond donors (Lipinski definition) is 0. The van der Waals surface area contributed by atoms with Crippen LogP contribution in [0.2, 0.25) is 0 Å². The fraction of sp³-hybridized carbons (Fsp3) is 0.0714. The normalized spacial score (nSPS) is 10.9. The van der Waals surface area contributed by atoms with Crippen molar-refractivity contribution in [2.75, 3.05) is 0 Å². The molecule has 17 heavy (non-hydrogen) atoms. The standard InChI is InChI=1S/C14H12N2S/c1-11-6-8-12(9-7-11)17-16-10-15-13-4-2-3-5-14(13)16/h2-10H,1H3. The van der Waals surface area contributed by atoms with Gasteiger partial charge < -0.3 is 0 Å². The van der Waals surface area contributed by atoms with E-state index in [1.807, 2.05) is 24.5 Å². The molecular formula is C14H12N2S. The Balaban J connectivity index is 1.97.